The lowest BCUT2D eigenvalue weighted by atomic mass is 10.4. The number of nitriles is 1. The number of sulfonamides is 1. The van der Waals surface area contributed by atoms with Gasteiger partial charge in [-0.3, -0.25) is 0 Å². The van der Waals surface area contributed by atoms with Crippen LogP contribution in [-0.2, 0) is 10.0 Å². The van der Waals surface area contributed by atoms with Gasteiger partial charge in [-0.1, -0.05) is 0 Å². The highest BCUT2D eigenvalue weighted by atomic mass is 32.2. The van der Waals surface area contributed by atoms with Gasteiger partial charge >= 0.3 is 0 Å². The number of hydrogen-bond donors (Lipinski definition) is 0. The van der Waals surface area contributed by atoms with Crippen molar-refractivity contribution in [2.24, 2.45) is 4.52 Å². The third-order valence-electron chi connectivity index (χ3n) is 1.30. The smallest absolute Gasteiger partial charge is 0.244 e. The monoisotopic (exact) mass is 209 g/mol. The number of hydrogen-bond acceptors (Lipinski definition) is 4. The molecule has 14 heavy (non-hydrogen) atoms. The topological polar surface area (TPSA) is 120 Å². The van der Waals surface area contributed by atoms with Crippen molar-refractivity contribution in [1.29, 1.82) is 5.26 Å². The molecule has 1 heterocycles. The Bertz CT molecular complexity index is 538. The lowest BCUT2D eigenvalue weighted by molar-refractivity contribution is 0.596. The molecule has 1 aromatic rings. The maximum Gasteiger partial charge on any atom is 0.267 e. The molecular formula is C6H3N5O2S. The summed E-state index contributed by atoms with van der Waals surface area (Å²) in [5.41, 5.74) is 7.71. The third-order valence-corrected chi connectivity index (χ3v) is 2.47. The summed E-state index contributed by atoms with van der Waals surface area (Å²) in [5.74, 6) is 0. The number of azide groups is 1. The van der Waals surface area contributed by atoms with Crippen molar-refractivity contribution in [2.45, 2.75) is 4.90 Å². The minimum atomic E-state index is -4.13. The minimum absolute atomic E-state index is 0.292. The molecule has 0 amide bonds. The lowest BCUT2D eigenvalue weighted by Gasteiger charge is -1.97. The Morgan fingerprint density at radius 2 is 2.36 bits per heavy atom. The molecule has 0 aliphatic heterocycles. The molecule has 0 unspecified atom stereocenters. The Morgan fingerprint density at radius 1 is 1.64 bits per heavy atom. The predicted molar refractivity (Wildman–Crippen MR) is 45.3 cm³/mol. The summed E-state index contributed by atoms with van der Waals surface area (Å²) >= 11 is 0. The van der Waals surface area contributed by atoms with Gasteiger partial charge in [0.2, 0.25) is 0 Å². The maximum atomic E-state index is 11.2. The molecule has 1 aromatic heterocycles. The standard InChI is InChI=1S/C6H3N5O2S/c7-4-5-6(2-1-3-9-5)14(12,13)11-10-8/h1-3H. The fraction of sp³-hybridized carbons (Fsp3) is 0. The highest BCUT2D eigenvalue weighted by Crippen LogP contribution is 2.14. The van der Waals surface area contributed by atoms with Crippen LogP contribution in [0.25, 0.3) is 10.4 Å². The third kappa shape index (κ3) is 1.80. The van der Waals surface area contributed by atoms with E-state index in [1.165, 1.54) is 12.3 Å². The first-order valence-corrected chi connectivity index (χ1v) is 4.72. The summed E-state index contributed by atoms with van der Waals surface area (Å²) in [6, 6.07) is 4.07. The fourth-order valence-corrected chi connectivity index (χ4v) is 1.55. The second-order valence-electron chi connectivity index (χ2n) is 2.11. The molecule has 0 N–H and O–H groups in total. The number of nitrogens with zero attached hydrogens (tertiary/aromatic N) is 5. The second kappa shape index (κ2) is 3.74. The van der Waals surface area contributed by atoms with Gasteiger partial charge in [-0.05, 0) is 17.7 Å². The van der Waals surface area contributed by atoms with E-state index in [4.69, 9.17) is 10.8 Å². The van der Waals surface area contributed by atoms with Crippen LogP contribution in [0.3, 0.4) is 0 Å². The van der Waals surface area contributed by atoms with Gasteiger partial charge in [0.05, 0.1) is 0 Å². The summed E-state index contributed by atoms with van der Waals surface area (Å²) in [6.45, 7) is 0. The van der Waals surface area contributed by atoms with E-state index in [-0.39, 0.29) is 10.6 Å². The molecule has 0 saturated heterocycles. The van der Waals surface area contributed by atoms with Gasteiger partial charge in [0.1, 0.15) is 11.0 Å². The highest BCUT2D eigenvalue weighted by Gasteiger charge is 2.17. The summed E-state index contributed by atoms with van der Waals surface area (Å²) in [4.78, 5) is 5.29. The normalized spacial score (nSPS) is 9.93. The van der Waals surface area contributed by atoms with E-state index < -0.39 is 10.0 Å². The average molecular weight is 209 g/mol. The zero-order chi connectivity index (χ0) is 10.6. The van der Waals surface area contributed by atoms with Crippen LogP contribution in [0.2, 0.25) is 0 Å². The quantitative estimate of drug-likeness (QED) is 0.409. The van der Waals surface area contributed by atoms with Crippen molar-refractivity contribution in [2.75, 3.05) is 0 Å². The Balaban J connectivity index is 3.49. The molecule has 0 spiro atoms. The molecule has 7 nitrogen and oxygen atoms in total. The van der Waals surface area contributed by atoms with Crippen molar-refractivity contribution in [3.05, 3.63) is 34.5 Å². The van der Waals surface area contributed by atoms with Gasteiger partial charge in [0.25, 0.3) is 10.0 Å². The summed E-state index contributed by atoms with van der Waals surface area (Å²) < 4.78 is 25.0. The van der Waals surface area contributed by atoms with Crippen LogP contribution in [0, 0.1) is 11.3 Å². The Kier molecular flexibility index (Phi) is 2.67. The van der Waals surface area contributed by atoms with Gasteiger partial charge in [0, 0.05) is 15.6 Å². The van der Waals surface area contributed by atoms with Crippen molar-refractivity contribution in [1.82, 2.24) is 4.98 Å². The van der Waals surface area contributed by atoms with Gasteiger partial charge in [-0.25, -0.2) is 13.4 Å². The molecule has 0 bridgehead atoms. The van der Waals surface area contributed by atoms with Gasteiger partial charge in [0.15, 0.2) is 5.69 Å². The van der Waals surface area contributed by atoms with Gasteiger partial charge in [-0.2, -0.15) is 5.26 Å². The second-order valence-corrected chi connectivity index (χ2v) is 3.66. The van der Waals surface area contributed by atoms with Crippen LogP contribution in [0.1, 0.15) is 5.69 Å². The van der Waals surface area contributed by atoms with Crippen LogP contribution < -0.4 is 0 Å². The zero-order valence-electron chi connectivity index (χ0n) is 6.69. The van der Waals surface area contributed by atoms with Crippen LogP contribution in [0.15, 0.2) is 27.7 Å². The first-order chi connectivity index (χ1) is 6.61. The van der Waals surface area contributed by atoms with Crippen LogP contribution in [0.5, 0.6) is 0 Å². The first kappa shape index (κ1) is 9.98. The first-order valence-electron chi connectivity index (χ1n) is 3.28. The largest absolute Gasteiger partial charge is 0.267 e. The van der Waals surface area contributed by atoms with E-state index in [9.17, 15) is 8.42 Å². The molecule has 1 rings (SSSR count). The number of aromatic nitrogens is 1. The molecule has 0 radical (unpaired) electrons. The molecule has 0 fully saturated rings. The fourth-order valence-electron chi connectivity index (χ4n) is 0.775. The molecule has 70 valence electrons. The minimum Gasteiger partial charge on any atom is -0.244 e. The molecule has 0 saturated carbocycles. The summed E-state index contributed by atoms with van der Waals surface area (Å²) in [5, 5.41) is 8.54. The predicted octanol–water partition coefficient (Wildman–Crippen LogP) is 0.952. The van der Waals surface area contributed by atoms with Crippen molar-refractivity contribution in [3.63, 3.8) is 0 Å². The molecule has 0 aliphatic rings. The van der Waals surface area contributed by atoms with E-state index in [0.29, 0.717) is 0 Å². The Morgan fingerprint density at radius 3 is 2.93 bits per heavy atom. The van der Waals surface area contributed by atoms with Gasteiger partial charge in [-0.15, -0.1) is 0 Å². The zero-order valence-corrected chi connectivity index (χ0v) is 7.51. The van der Waals surface area contributed by atoms with E-state index in [1.54, 1.807) is 6.07 Å². The maximum absolute atomic E-state index is 11.2. The molecule has 0 aliphatic carbocycles. The van der Waals surface area contributed by atoms with E-state index in [0.717, 1.165) is 6.07 Å². The summed E-state index contributed by atoms with van der Waals surface area (Å²) in [6.07, 6.45) is 1.27. The molecular weight excluding hydrogens is 206 g/mol. The van der Waals surface area contributed by atoms with Crippen LogP contribution >= 0.6 is 0 Å². The number of pyridine rings is 1. The highest BCUT2D eigenvalue weighted by molar-refractivity contribution is 7.90. The molecule has 8 heteroatoms. The molecule has 0 aromatic carbocycles. The van der Waals surface area contributed by atoms with E-state index in [1.807, 2.05) is 0 Å². The SMILES string of the molecule is N#Cc1ncccc1S(=O)(=O)N=[N+]=[N-]. The summed E-state index contributed by atoms with van der Waals surface area (Å²) in [7, 11) is -4.13. The lowest BCUT2D eigenvalue weighted by Crippen LogP contribution is -2.00. The Hall–Kier alpha value is -2.10. The average Bonchev–Trinajstić information content (AvgIpc) is 2.18. The Labute approximate surface area is 79.3 Å². The van der Waals surface area contributed by atoms with Gasteiger partial charge < -0.3 is 0 Å². The van der Waals surface area contributed by atoms with E-state index >= 15 is 0 Å². The van der Waals surface area contributed by atoms with Crippen LogP contribution in [0.4, 0.5) is 0 Å². The van der Waals surface area contributed by atoms with E-state index in [2.05, 4.69) is 14.4 Å². The van der Waals surface area contributed by atoms with Crippen molar-refractivity contribution < 1.29 is 8.42 Å². The van der Waals surface area contributed by atoms with Crippen molar-refractivity contribution >= 4 is 10.0 Å². The van der Waals surface area contributed by atoms with Crippen molar-refractivity contribution in [3.8, 4) is 6.07 Å². The van der Waals surface area contributed by atoms with Crippen LogP contribution in [-0.4, -0.2) is 13.4 Å². The molecule has 0 atom stereocenters. The number of rotatable bonds is 2.